The standard InChI is InChI=1S/C16H17FN2O5/c1-8-5-10(17)6-12(13(8)19-9(2)20)18-7-11-14(21)23-16(3,4)24-15(11)22/h5-7,18H,1-4H3,(H,19,20). The Hall–Kier alpha value is -2.90. The number of rotatable bonds is 3. The molecule has 0 aromatic heterocycles. The Morgan fingerprint density at radius 3 is 2.33 bits per heavy atom. The van der Waals surface area contributed by atoms with Crippen molar-refractivity contribution in [3.63, 3.8) is 0 Å². The minimum atomic E-state index is -1.34. The Balaban J connectivity index is 2.33. The highest BCUT2D eigenvalue weighted by Crippen LogP contribution is 2.28. The van der Waals surface area contributed by atoms with E-state index in [1.807, 2.05) is 0 Å². The molecule has 0 bridgehead atoms. The lowest BCUT2D eigenvalue weighted by molar-refractivity contribution is -0.222. The van der Waals surface area contributed by atoms with Crippen molar-refractivity contribution >= 4 is 29.2 Å². The van der Waals surface area contributed by atoms with E-state index >= 15 is 0 Å². The zero-order chi connectivity index (χ0) is 18.1. The summed E-state index contributed by atoms with van der Waals surface area (Å²) in [6.45, 7) is 5.77. The first-order valence-electron chi connectivity index (χ1n) is 7.10. The zero-order valence-corrected chi connectivity index (χ0v) is 13.7. The fourth-order valence-corrected chi connectivity index (χ4v) is 2.13. The summed E-state index contributed by atoms with van der Waals surface area (Å²) in [6.07, 6.45) is 1.05. The van der Waals surface area contributed by atoms with Gasteiger partial charge in [-0.15, -0.1) is 0 Å². The van der Waals surface area contributed by atoms with Crippen LogP contribution in [0.1, 0.15) is 26.3 Å². The van der Waals surface area contributed by atoms with Gasteiger partial charge in [0, 0.05) is 27.0 Å². The van der Waals surface area contributed by atoms with E-state index in [9.17, 15) is 18.8 Å². The van der Waals surface area contributed by atoms with E-state index in [1.54, 1.807) is 6.92 Å². The van der Waals surface area contributed by atoms with Gasteiger partial charge in [-0.2, -0.15) is 0 Å². The number of cyclic esters (lactones) is 2. The van der Waals surface area contributed by atoms with Crippen LogP contribution in [0.5, 0.6) is 0 Å². The van der Waals surface area contributed by atoms with Gasteiger partial charge >= 0.3 is 11.9 Å². The van der Waals surface area contributed by atoms with Crippen molar-refractivity contribution in [3.8, 4) is 0 Å². The van der Waals surface area contributed by atoms with E-state index in [2.05, 4.69) is 10.6 Å². The van der Waals surface area contributed by atoms with Crippen LogP contribution < -0.4 is 10.6 Å². The summed E-state index contributed by atoms with van der Waals surface area (Å²) in [5, 5.41) is 5.20. The average molecular weight is 336 g/mol. The summed E-state index contributed by atoms with van der Waals surface area (Å²) in [7, 11) is 0. The fourth-order valence-electron chi connectivity index (χ4n) is 2.13. The monoisotopic (exact) mass is 336 g/mol. The first kappa shape index (κ1) is 17.5. The van der Waals surface area contributed by atoms with Gasteiger partial charge in [0.15, 0.2) is 5.57 Å². The number of amides is 1. The Labute approximate surface area is 137 Å². The molecule has 0 saturated carbocycles. The van der Waals surface area contributed by atoms with Crippen LogP contribution >= 0.6 is 0 Å². The second-order valence-electron chi connectivity index (χ2n) is 5.71. The lowest BCUT2D eigenvalue weighted by Crippen LogP contribution is -2.42. The topological polar surface area (TPSA) is 93.7 Å². The Bertz CT molecular complexity index is 733. The predicted molar refractivity (Wildman–Crippen MR) is 83.4 cm³/mol. The van der Waals surface area contributed by atoms with Crippen molar-refractivity contribution in [3.05, 3.63) is 35.3 Å². The second-order valence-corrected chi connectivity index (χ2v) is 5.71. The van der Waals surface area contributed by atoms with E-state index < -0.39 is 23.5 Å². The van der Waals surface area contributed by atoms with Crippen molar-refractivity contribution in [2.24, 2.45) is 0 Å². The molecule has 1 aromatic rings. The maximum atomic E-state index is 13.6. The van der Waals surface area contributed by atoms with E-state index in [4.69, 9.17) is 9.47 Å². The number of carbonyl (C=O) groups excluding carboxylic acids is 3. The van der Waals surface area contributed by atoms with Gasteiger partial charge in [-0.05, 0) is 24.6 Å². The molecule has 128 valence electrons. The third-order valence-corrected chi connectivity index (χ3v) is 3.09. The van der Waals surface area contributed by atoms with Crippen LogP contribution in [0.25, 0.3) is 0 Å². The summed E-state index contributed by atoms with van der Waals surface area (Å²) < 4.78 is 23.5. The van der Waals surface area contributed by atoms with Crippen molar-refractivity contribution in [1.29, 1.82) is 0 Å². The maximum absolute atomic E-state index is 13.6. The lowest BCUT2D eigenvalue weighted by Gasteiger charge is -2.29. The summed E-state index contributed by atoms with van der Waals surface area (Å²) in [5.74, 6) is -3.96. The smallest absolute Gasteiger partial charge is 0.350 e. The van der Waals surface area contributed by atoms with Gasteiger partial charge in [-0.3, -0.25) is 4.79 Å². The van der Waals surface area contributed by atoms with Crippen LogP contribution in [0.3, 0.4) is 0 Å². The molecule has 1 aliphatic heterocycles. The highest BCUT2D eigenvalue weighted by Gasteiger charge is 2.39. The first-order valence-corrected chi connectivity index (χ1v) is 7.10. The molecule has 8 heteroatoms. The third-order valence-electron chi connectivity index (χ3n) is 3.09. The van der Waals surface area contributed by atoms with Gasteiger partial charge in [0.1, 0.15) is 5.82 Å². The van der Waals surface area contributed by atoms with Crippen molar-refractivity contribution in [2.75, 3.05) is 10.6 Å². The summed E-state index contributed by atoms with van der Waals surface area (Å²) in [4.78, 5) is 35.0. The maximum Gasteiger partial charge on any atom is 0.350 e. The number of hydrogen-bond acceptors (Lipinski definition) is 6. The molecule has 1 fully saturated rings. The SMILES string of the molecule is CC(=O)Nc1c(C)cc(F)cc1NC=C1C(=O)OC(C)(C)OC1=O. The molecule has 2 N–H and O–H groups in total. The molecule has 0 radical (unpaired) electrons. The Morgan fingerprint density at radius 1 is 1.21 bits per heavy atom. The summed E-state index contributed by atoms with van der Waals surface area (Å²) >= 11 is 0. The summed E-state index contributed by atoms with van der Waals surface area (Å²) in [6, 6.07) is 2.37. The van der Waals surface area contributed by atoms with Gasteiger partial charge < -0.3 is 20.1 Å². The largest absolute Gasteiger partial charge is 0.419 e. The highest BCUT2D eigenvalue weighted by molar-refractivity contribution is 6.15. The molecular formula is C16H17FN2O5. The third kappa shape index (κ3) is 3.89. The van der Waals surface area contributed by atoms with Crippen LogP contribution in [-0.4, -0.2) is 23.6 Å². The van der Waals surface area contributed by atoms with Crippen LogP contribution in [-0.2, 0) is 23.9 Å². The Kier molecular flexibility index (Phi) is 4.59. The Morgan fingerprint density at radius 2 is 1.79 bits per heavy atom. The van der Waals surface area contributed by atoms with Crippen LogP contribution in [0.15, 0.2) is 23.9 Å². The van der Waals surface area contributed by atoms with Crippen molar-refractivity contribution in [2.45, 2.75) is 33.5 Å². The highest BCUT2D eigenvalue weighted by atomic mass is 19.1. The first-order chi connectivity index (χ1) is 11.1. The minimum Gasteiger partial charge on any atom is -0.419 e. The number of ether oxygens (including phenoxy) is 2. The average Bonchev–Trinajstić information content (AvgIpc) is 2.39. The molecule has 0 spiro atoms. The van der Waals surface area contributed by atoms with E-state index in [-0.39, 0.29) is 17.2 Å². The van der Waals surface area contributed by atoms with Crippen molar-refractivity contribution in [1.82, 2.24) is 0 Å². The van der Waals surface area contributed by atoms with Gasteiger partial charge in [0.2, 0.25) is 5.91 Å². The summed E-state index contributed by atoms with van der Waals surface area (Å²) in [5.41, 5.74) is 0.616. The number of nitrogens with one attached hydrogen (secondary N) is 2. The lowest BCUT2D eigenvalue weighted by atomic mass is 10.1. The zero-order valence-electron chi connectivity index (χ0n) is 13.7. The van der Waals surface area contributed by atoms with Crippen LogP contribution in [0, 0.1) is 12.7 Å². The second kappa shape index (κ2) is 6.31. The van der Waals surface area contributed by atoms with Crippen LogP contribution in [0.4, 0.5) is 15.8 Å². The molecule has 1 saturated heterocycles. The minimum absolute atomic E-state index is 0.181. The molecule has 1 aliphatic rings. The fraction of sp³-hybridized carbons (Fsp3) is 0.312. The number of esters is 2. The van der Waals surface area contributed by atoms with Gasteiger partial charge in [-0.25, -0.2) is 14.0 Å². The molecule has 0 aliphatic carbocycles. The number of aryl methyl sites for hydroxylation is 1. The van der Waals surface area contributed by atoms with Crippen LogP contribution in [0.2, 0.25) is 0 Å². The van der Waals surface area contributed by atoms with Gasteiger partial charge in [0.25, 0.3) is 5.79 Å². The number of anilines is 2. The molecule has 1 aromatic carbocycles. The van der Waals surface area contributed by atoms with Crippen molar-refractivity contribution < 1.29 is 28.2 Å². The molecule has 0 unspecified atom stereocenters. The number of halogens is 1. The quantitative estimate of drug-likeness (QED) is 0.499. The van der Waals surface area contributed by atoms with E-state index in [0.717, 1.165) is 12.3 Å². The normalized spacial score (nSPS) is 16.1. The van der Waals surface area contributed by atoms with Gasteiger partial charge in [-0.1, -0.05) is 0 Å². The molecule has 0 atom stereocenters. The molecule has 1 heterocycles. The molecule has 2 rings (SSSR count). The van der Waals surface area contributed by atoms with E-state index in [0.29, 0.717) is 11.3 Å². The number of hydrogen-bond donors (Lipinski definition) is 2. The number of benzene rings is 1. The molecule has 7 nitrogen and oxygen atoms in total. The predicted octanol–water partition coefficient (Wildman–Crippen LogP) is 2.22. The van der Waals surface area contributed by atoms with Gasteiger partial charge in [0.05, 0.1) is 11.4 Å². The van der Waals surface area contributed by atoms with E-state index in [1.165, 1.54) is 26.8 Å². The number of carbonyl (C=O) groups is 3. The molecular weight excluding hydrogens is 319 g/mol. The molecule has 24 heavy (non-hydrogen) atoms. The molecule has 1 amide bonds.